The molecule has 74 valence electrons. The molecular weight excluding hydrogens is 174 g/mol. The van der Waals surface area contributed by atoms with Crippen molar-refractivity contribution in [2.75, 3.05) is 0 Å². The molecule has 0 aliphatic rings. The molecule has 0 radical (unpaired) electrons. The van der Waals surface area contributed by atoms with Crippen molar-refractivity contribution in [3.8, 4) is 0 Å². The molecule has 0 aromatic heterocycles. The summed E-state index contributed by atoms with van der Waals surface area (Å²) in [5, 5.41) is 16.3. The van der Waals surface area contributed by atoms with Crippen LogP contribution in [0, 0.1) is 0 Å². The van der Waals surface area contributed by atoms with E-state index < -0.39 is 11.9 Å². The molecule has 2 N–H and O–H groups in total. The van der Waals surface area contributed by atoms with Crippen molar-refractivity contribution >= 4 is 11.9 Å². The van der Waals surface area contributed by atoms with Crippen LogP contribution >= 0.6 is 0 Å². The zero-order chi connectivity index (χ0) is 7.98. The quantitative estimate of drug-likeness (QED) is 0.628. The minimum absolute atomic E-state index is 0. The molecular formula is C6H12F2O4. The molecule has 0 aliphatic carbocycles. The molecule has 0 bridgehead atoms. The lowest BCUT2D eigenvalue weighted by molar-refractivity contribution is -0.139. The van der Waals surface area contributed by atoms with E-state index in [2.05, 4.69) is 0 Å². The summed E-state index contributed by atoms with van der Waals surface area (Å²) in [6, 6.07) is 0. The fourth-order valence-electron chi connectivity index (χ4n) is 0.552. The molecule has 0 aromatic carbocycles. The van der Waals surface area contributed by atoms with Gasteiger partial charge in [-0.25, -0.2) is 0 Å². The van der Waals surface area contributed by atoms with E-state index in [4.69, 9.17) is 10.2 Å². The molecule has 0 saturated carbocycles. The Balaban J connectivity index is -0.000000405. The summed E-state index contributed by atoms with van der Waals surface area (Å²) < 4.78 is 0. The fourth-order valence-corrected chi connectivity index (χ4v) is 0.552. The van der Waals surface area contributed by atoms with Gasteiger partial charge in [0.15, 0.2) is 0 Å². The molecule has 0 aromatic rings. The largest absolute Gasteiger partial charge is 0.481 e. The molecule has 6 heteroatoms. The molecule has 0 heterocycles. The maximum Gasteiger partial charge on any atom is 0.303 e. The van der Waals surface area contributed by atoms with Crippen molar-refractivity contribution in [1.82, 2.24) is 0 Å². The van der Waals surface area contributed by atoms with Crippen LogP contribution in [-0.4, -0.2) is 22.2 Å². The van der Waals surface area contributed by atoms with Crippen LogP contribution in [0.15, 0.2) is 0 Å². The van der Waals surface area contributed by atoms with E-state index in [0.29, 0.717) is 12.8 Å². The van der Waals surface area contributed by atoms with Gasteiger partial charge in [-0.15, -0.1) is 0 Å². The first-order valence-corrected chi connectivity index (χ1v) is 3.06. The number of hydrogen-bond donors (Lipinski definition) is 2. The van der Waals surface area contributed by atoms with E-state index in [0.717, 1.165) is 0 Å². The highest BCUT2D eigenvalue weighted by Gasteiger charge is 1.99. The molecule has 0 rings (SSSR count). The number of hydrogen-bond acceptors (Lipinski definition) is 2. The summed E-state index contributed by atoms with van der Waals surface area (Å²) in [6.07, 6.45) is 1.02. The lowest BCUT2D eigenvalue weighted by Gasteiger charge is -1.92. The maximum atomic E-state index is 9.90. The average Bonchev–Trinajstić information content (AvgIpc) is 1.79. The van der Waals surface area contributed by atoms with Gasteiger partial charge in [0, 0.05) is 12.8 Å². The molecule has 0 spiro atoms. The summed E-state index contributed by atoms with van der Waals surface area (Å²) in [6.45, 7) is 0. The number of carboxylic acid groups (broad SMARTS) is 2. The van der Waals surface area contributed by atoms with E-state index in [1.165, 1.54) is 0 Å². The van der Waals surface area contributed by atoms with Crippen LogP contribution in [0.25, 0.3) is 0 Å². The minimum atomic E-state index is -0.870. The van der Waals surface area contributed by atoms with Crippen LogP contribution < -0.4 is 0 Å². The predicted octanol–water partition coefficient (Wildman–Crippen LogP) is 1.02. The fraction of sp³-hybridized carbons (Fsp3) is 0.667. The van der Waals surface area contributed by atoms with Crippen molar-refractivity contribution in [3.05, 3.63) is 0 Å². The monoisotopic (exact) mass is 186 g/mol. The second-order valence-electron chi connectivity index (χ2n) is 1.99. The molecule has 0 atom stereocenters. The zero-order valence-electron chi connectivity index (χ0n) is 6.36. The van der Waals surface area contributed by atoms with Gasteiger partial charge < -0.3 is 10.2 Å². The normalized spacial score (nSPS) is 7.67. The number of rotatable bonds is 5. The van der Waals surface area contributed by atoms with E-state index in [1.54, 1.807) is 0 Å². The summed E-state index contributed by atoms with van der Waals surface area (Å²) in [5.74, 6) is -1.74. The molecule has 0 amide bonds. The Morgan fingerprint density at radius 1 is 0.833 bits per heavy atom. The van der Waals surface area contributed by atoms with Crippen LogP contribution in [-0.2, 0) is 9.59 Å². The molecule has 0 fully saturated rings. The lowest BCUT2D eigenvalue weighted by Crippen LogP contribution is -1.97. The van der Waals surface area contributed by atoms with Crippen LogP contribution in [0.1, 0.15) is 25.7 Å². The van der Waals surface area contributed by atoms with Crippen molar-refractivity contribution < 1.29 is 29.2 Å². The Morgan fingerprint density at radius 3 is 1.25 bits per heavy atom. The third-order valence-electron chi connectivity index (χ3n) is 1.03. The number of unbranched alkanes of at least 4 members (excludes halogenated alkanes) is 1. The first-order chi connectivity index (χ1) is 4.63. The number of carboxylic acids is 2. The zero-order valence-corrected chi connectivity index (χ0v) is 6.36. The van der Waals surface area contributed by atoms with Gasteiger partial charge in [0.25, 0.3) is 0 Å². The van der Waals surface area contributed by atoms with Crippen molar-refractivity contribution in [1.29, 1.82) is 0 Å². The van der Waals surface area contributed by atoms with Crippen LogP contribution in [0.3, 0.4) is 0 Å². The average molecular weight is 186 g/mol. The highest BCUT2D eigenvalue weighted by molar-refractivity contribution is 5.67. The molecule has 0 saturated heterocycles. The standard InChI is InChI=1S/C6H10O4.2FH/c7-5(8)3-1-2-4-6(9)10;;/h1-4H2,(H,7,8)(H,9,10);2*1H. The number of carbonyl (C=O) groups is 2. The van der Waals surface area contributed by atoms with E-state index >= 15 is 0 Å². The van der Waals surface area contributed by atoms with Gasteiger partial charge in [-0.1, -0.05) is 0 Å². The molecule has 0 unspecified atom stereocenters. The van der Waals surface area contributed by atoms with Gasteiger partial charge in [0.2, 0.25) is 0 Å². The first kappa shape index (κ1) is 17.0. The Bertz CT molecular complexity index is 122. The van der Waals surface area contributed by atoms with Crippen LogP contribution in [0.2, 0.25) is 0 Å². The third kappa shape index (κ3) is 15.9. The topological polar surface area (TPSA) is 74.6 Å². The van der Waals surface area contributed by atoms with Gasteiger partial charge in [-0.2, -0.15) is 0 Å². The van der Waals surface area contributed by atoms with E-state index in [9.17, 15) is 9.59 Å². The van der Waals surface area contributed by atoms with Gasteiger partial charge in [0.1, 0.15) is 0 Å². The van der Waals surface area contributed by atoms with Crippen LogP contribution in [0.5, 0.6) is 0 Å². The predicted molar refractivity (Wildman–Crippen MR) is 38.7 cm³/mol. The Hall–Kier alpha value is -1.20. The van der Waals surface area contributed by atoms with E-state index in [-0.39, 0.29) is 22.3 Å². The first-order valence-electron chi connectivity index (χ1n) is 3.06. The summed E-state index contributed by atoms with van der Waals surface area (Å²) in [5.41, 5.74) is 0. The molecule has 4 nitrogen and oxygen atoms in total. The van der Waals surface area contributed by atoms with Crippen molar-refractivity contribution in [2.24, 2.45) is 0 Å². The van der Waals surface area contributed by atoms with Crippen molar-refractivity contribution in [2.45, 2.75) is 25.7 Å². The minimum Gasteiger partial charge on any atom is -0.481 e. The summed E-state index contributed by atoms with van der Waals surface area (Å²) >= 11 is 0. The SMILES string of the molecule is F.F.O=C(O)CCCCC(=O)O. The summed E-state index contributed by atoms with van der Waals surface area (Å²) in [7, 11) is 0. The highest BCUT2D eigenvalue weighted by Crippen LogP contribution is 1.98. The smallest absolute Gasteiger partial charge is 0.303 e. The second kappa shape index (κ2) is 9.80. The van der Waals surface area contributed by atoms with Crippen LogP contribution in [0.4, 0.5) is 9.41 Å². The van der Waals surface area contributed by atoms with E-state index in [1.807, 2.05) is 0 Å². The molecule has 0 aliphatic heterocycles. The number of aliphatic carboxylic acids is 2. The van der Waals surface area contributed by atoms with Gasteiger partial charge in [0.05, 0.1) is 0 Å². The Labute approximate surface area is 67.9 Å². The maximum absolute atomic E-state index is 9.90. The highest BCUT2D eigenvalue weighted by atomic mass is 19.0. The Morgan fingerprint density at radius 2 is 1.08 bits per heavy atom. The third-order valence-corrected chi connectivity index (χ3v) is 1.03. The van der Waals surface area contributed by atoms with Gasteiger partial charge in [-0.05, 0) is 12.8 Å². The lowest BCUT2D eigenvalue weighted by atomic mass is 10.2. The summed E-state index contributed by atoms with van der Waals surface area (Å²) in [4.78, 5) is 19.8. The second-order valence-corrected chi connectivity index (χ2v) is 1.99. The molecule has 12 heavy (non-hydrogen) atoms. The van der Waals surface area contributed by atoms with Crippen molar-refractivity contribution in [3.63, 3.8) is 0 Å². The Kier molecular flexibility index (Phi) is 13.9. The number of halogens is 2. The van der Waals surface area contributed by atoms with Gasteiger partial charge in [-0.3, -0.25) is 19.0 Å². The van der Waals surface area contributed by atoms with Gasteiger partial charge >= 0.3 is 11.9 Å².